The van der Waals surface area contributed by atoms with Crippen LogP contribution in [0.4, 0.5) is 0 Å². The van der Waals surface area contributed by atoms with Crippen molar-refractivity contribution in [1.82, 2.24) is 14.9 Å². The van der Waals surface area contributed by atoms with E-state index in [9.17, 15) is 4.79 Å². The molecular weight excluding hydrogens is 334 g/mol. The number of aryl methyl sites for hydroxylation is 2. The van der Waals surface area contributed by atoms with E-state index in [1.165, 1.54) is 4.88 Å². The van der Waals surface area contributed by atoms with Gasteiger partial charge < -0.3 is 9.32 Å². The zero-order valence-electron chi connectivity index (χ0n) is 14.3. The molecule has 0 radical (unpaired) electrons. The summed E-state index contributed by atoms with van der Waals surface area (Å²) in [5.41, 5.74) is 4.60. The smallest absolute Gasteiger partial charge is 0.222 e. The molecule has 1 fully saturated rings. The molecule has 6 heteroatoms. The highest BCUT2D eigenvalue weighted by Gasteiger charge is 2.28. The Kier molecular flexibility index (Phi) is 4.53. The molecule has 1 amide bonds. The summed E-state index contributed by atoms with van der Waals surface area (Å²) in [4.78, 5) is 24.7. The Morgan fingerprint density at radius 3 is 3.08 bits per heavy atom. The third kappa shape index (κ3) is 3.44. The largest absolute Gasteiger partial charge is 0.440 e. The van der Waals surface area contributed by atoms with Crippen LogP contribution in [0.5, 0.6) is 0 Å². The molecule has 1 aliphatic heterocycles. The van der Waals surface area contributed by atoms with E-state index in [4.69, 9.17) is 4.42 Å². The minimum absolute atomic E-state index is 0.190. The Balaban J connectivity index is 1.41. The summed E-state index contributed by atoms with van der Waals surface area (Å²) in [7, 11) is 0. The van der Waals surface area contributed by atoms with Gasteiger partial charge in [-0.3, -0.25) is 4.79 Å². The maximum Gasteiger partial charge on any atom is 0.222 e. The molecule has 3 heterocycles. The Labute approximate surface area is 150 Å². The lowest BCUT2D eigenvalue weighted by molar-refractivity contribution is -0.132. The van der Waals surface area contributed by atoms with Crippen LogP contribution in [0.3, 0.4) is 0 Å². The normalized spacial score (nSPS) is 18.0. The first kappa shape index (κ1) is 16.3. The molecule has 0 bridgehead atoms. The molecule has 4 rings (SSSR count). The second kappa shape index (κ2) is 6.96. The zero-order valence-corrected chi connectivity index (χ0v) is 15.1. The average Bonchev–Trinajstić information content (AvgIpc) is 3.25. The van der Waals surface area contributed by atoms with Gasteiger partial charge in [0.15, 0.2) is 11.5 Å². The van der Waals surface area contributed by atoms with Gasteiger partial charge >= 0.3 is 0 Å². The number of rotatable bonds is 4. The number of carbonyl (C=O) groups is 1. The number of piperidine rings is 1. The number of amides is 1. The lowest BCUT2D eigenvalue weighted by Gasteiger charge is -2.31. The number of likely N-dealkylation sites (tertiary alicyclic amines) is 1. The van der Waals surface area contributed by atoms with Crippen LogP contribution < -0.4 is 0 Å². The lowest BCUT2D eigenvalue weighted by Crippen LogP contribution is -2.39. The molecule has 1 aromatic carbocycles. The molecule has 25 heavy (non-hydrogen) atoms. The van der Waals surface area contributed by atoms with Crippen molar-refractivity contribution in [2.45, 2.75) is 38.5 Å². The lowest BCUT2D eigenvalue weighted by atomic mass is 9.97. The van der Waals surface area contributed by atoms with Crippen molar-refractivity contribution in [2.75, 3.05) is 13.1 Å². The molecular formula is C19H21N3O2S. The fraction of sp³-hybridized carbons (Fsp3) is 0.421. The molecule has 130 valence electrons. The first-order valence-electron chi connectivity index (χ1n) is 8.73. The van der Waals surface area contributed by atoms with E-state index in [-0.39, 0.29) is 11.8 Å². The van der Waals surface area contributed by atoms with Crippen molar-refractivity contribution in [1.29, 1.82) is 0 Å². The highest BCUT2D eigenvalue weighted by Crippen LogP contribution is 2.29. The number of oxazole rings is 1. The number of thiazole rings is 1. The van der Waals surface area contributed by atoms with E-state index in [1.807, 2.05) is 41.6 Å². The maximum atomic E-state index is 12.6. The molecule has 0 aliphatic carbocycles. The quantitative estimate of drug-likeness (QED) is 0.711. The van der Waals surface area contributed by atoms with Gasteiger partial charge in [0, 0.05) is 24.4 Å². The van der Waals surface area contributed by atoms with E-state index in [2.05, 4.69) is 9.97 Å². The molecule has 5 nitrogen and oxygen atoms in total. The van der Waals surface area contributed by atoms with Gasteiger partial charge in [-0.1, -0.05) is 12.1 Å². The van der Waals surface area contributed by atoms with E-state index in [1.54, 1.807) is 11.3 Å². The third-order valence-corrected chi connectivity index (χ3v) is 5.84. The summed E-state index contributed by atoms with van der Waals surface area (Å²) >= 11 is 1.63. The van der Waals surface area contributed by atoms with Crippen molar-refractivity contribution in [3.05, 3.63) is 46.2 Å². The SMILES string of the molecule is Cc1ncsc1CCC(=O)N1CCC[C@H](c2nc3ccccc3o2)C1. The van der Waals surface area contributed by atoms with E-state index >= 15 is 0 Å². The standard InChI is InChI=1S/C19H21N3O2S/c1-13-17(25-12-20-13)8-9-18(23)22-10-4-5-14(11-22)19-21-15-6-2-3-7-16(15)24-19/h2-3,6-7,12,14H,4-5,8-11H2,1H3/t14-/m0/s1. The van der Waals surface area contributed by atoms with Crippen molar-refractivity contribution in [2.24, 2.45) is 0 Å². The predicted octanol–water partition coefficient (Wildman–Crippen LogP) is 3.93. The number of hydrogen-bond acceptors (Lipinski definition) is 5. The number of para-hydroxylation sites is 2. The van der Waals surface area contributed by atoms with Crippen LogP contribution in [0.25, 0.3) is 11.1 Å². The Morgan fingerprint density at radius 2 is 2.28 bits per heavy atom. The van der Waals surface area contributed by atoms with Crippen molar-refractivity contribution in [3.8, 4) is 0 Å². The van der Waals surface area contributed by atoms with Crippen molar-refractivity contribution in [3.63, 3.8) is 0 Å². The number of benzene rings is 1. The third-order valence-electron chi connectivity index (χ3n) is 4.84. The zero-order chi connectivity index (χ0) is 17.2. The summed E-state index contributed by atoms with van der Waals surface area (Å²) in [6.45, 7) is 3.53. The van der Waals surface area contributed by atoms with Crippen LogP contribution in [0.2, 0.25) is 0 Å². The second-order valence-corrected chi connectivity index (χ2v) is 7.50. The monoisotopic (exact) mass is 355 g/mol. The van der Waals surface area contributed by atoms with E-state index in [0.717, 1.165) is 48.5 Å². The fourth-order valence-corrected chi connectivity index (χ4v) is 4.20. The van der Waals surface area contributed by atoms with Crippen molar-refractivity contribution >= 4 is 28.3 Å². The number of aromatic nitrogens is 2. The number of hydrogen-bond donors (Lipinski definition) is 0. The van der Waals surface area contributed by atoms with Crippen LogP contribution >= 0.6 is 11.3 Å². The molecule has 0 saturated carbocycles. The molecule has 0 spiro atoms. The Hall–Kier alpha value is -2.21. The van der Waals surface area contributed by atoms with Crippen LogP contribution in [-0.2, 0) is 11.2 Å². The summed E-state index contributed by atoms with van der Waals surface area (Å²) in [5, 5.41) is 0. The van der Waals surface area contributed by atoms with Gasteiger partial charge in [-0.15, -0.1) is 11.3 Å². The number of nitrogens with zero attached hydrogens (tertiary/aromatic N) is 3. The minimum atomic E-state index is 0.190. The minimum Gasteiger partial charge on any atom is -0.440 e. The topological polar surface area (TPSA) is 59.2 Å². The van der Waals surface area contributed by atoms with Crippen LogP contribution in [0.1, 0.15) is 41.6 Å². The molecule has 1 saturated heterocycles. The molecule has 1 aliphatic rings. The molecule has 0 unspecified atom stereocenters. The van der Waals surface area contributed by atoms with Crippen LogP contribution in [0, 0.1) is 6.92 Å². The molecule has 3 aromatic rings. The molecule has 2 aromatic heterocycles. The van der Waals surface area contributed by atoms with Gasteiger partial charge in [0.05, 0.1) is 17.1 Å². The van der Waals surface area contributed by atoms with Gasteiger partial charge in [-0.2, -0.15) is 0 Å². The van der Waals surface area contributed by atoms with E-state index in [0.29, 0.717) is 13.0 Å². The first-order chi connectivity index (χ1) is 12.2. The highest BCUT2D eigenvalue weighted by atomic mass is 32.1. The summed E-state index contributed by atoms with van der Waals surface area (Å²) in [5.74, 6) is 1.17. The number of carbonyl (C=O) groups excluding carboxylic acids is 1. The molecule has 1 atom stereocenters. The van der Waals surface area contributed by atoms with E-state index < -0.39 is 0 Å². The van der Waals surface area contributed by atoms with Gasteiger partial charge in [0.1, 0.15) is 5.52 Å². The predicted molar refractivity (Wildman–Crippen MR) is 97.7 cm³/mol. The molecule has 0 N–H and O–H groups in total. The summed E-state index contributed by atoms with van der Waals surface area (Å²) in [6, 6.07) is 7.82. The van der Waals surface area contributed by atoms with Gasteiger partial charge in [0.25, 0.3) is 0 Å². The second-order valence-electron chi connectivity index (χ2n) is 6.56. The number of fused-ring (bicyclic) bond motifs is 1. The Morgan fingerprint density at radius 1 is 1.40 bits per heavy atom. The van der Waals surface area contributed by atoms with Gasteiger partial charge in [0.2, 0.25) is 5.91 Å². The van der Waals surface area contributed by atoms with Gasteiger partial charge in [-0.05, 0) is 38.3 Å². The average molecular weight is 355 g/mol. The van der Waals surface area contributed by atoms with Crippen LogP contribution in [-0.4, -0.2) is 33.9 Å². The van der Waals surface area contributed by atoms with Crippen LogP contribution in [0.15, 0.2) is 34.2 Å². The maximum absolute atomic E-state index is 12.6. The van der Waals surface area contributed by atoms with Gasteiger partial charge in [-0.25, -0.2) is 9.97 Å². The summed E-state index contributed by atoms with van der Waals surface area (Å²) < 4.78 is 5.91. The first-order valence-corrected chi connectivity index (χ1v) is 9.61. The fourth-order valence-electron chi connectivity index (χ4n) is 3.41. The van der Waals surface area contributed by atoms with Crippen molar-refractivity contribution < 1.29 is 9.21 Å². The Bertz CT molecular complexity index is 853. The highest BCUT2D eigenvalue weighted by molar-refractivity contribution is 7.09. The summed E-state index contributed by atoms with van der Waals surface area (Å²) in [6.07, 6.45) is 3.34.